The molecule has 0 saturated heterocycles. The Balaban J connectivity index is 2.48. The maximum Gasteiger partial charge on any atom is 0.238 e. The molecule has 0 aliphatic rings. The maximum absolute atomic E-state index is 11.9. The standard InChI is InChI=1S/C14H21N3O3/c1-16(2)14(19)10-17(3)9-13(18)15-11-6-5-7-12(8-11)20-4/h5-8H,9-10H2,1-4H3,(H,15,18). The van der Waals surface area contributed by atoms with Crippen LogP contribution in [0.1, 0.15) is 0 Å². The molecular weight excluding hydrogens is 258 g/mol. The van der Waals surface area contributed by atoms with Crippen LogP contribution in [0.5, 0.6) is 5.75 Å². The van der Waals surface area contributed by atoms with Gasteiger partial charge >= 0.3 is 0 Å². The van der Waals surface area contributed by atoms with Crippen LogP contribution >= 0.6 is 0 Å². The smallest absolute Gasteiger partial charge is 0.238 e. The topological polar surface area (TPSA) is 61.9 Å². The summed E-state index contributed by atoms with van der Waals surface area (Å²) in [7, 11) is 6.67. The molecule has 0 aromatic heterocycles. The molecule has 1 N–H and O–H groups in total. The molecule has 0 heterocycles. The SMILES string of the molecule is COc1cccc(NC(=O)CN(C)CC(=O)N(C)C)c1. The molecule has 0 atom stereocenters. The summed E-state index contributed by atoms with van der Waals surface area (Å²) in [5, 5.41) is 2.76. The summed E-state index contributed by atoms with van der Waals surface area (Å²) in [6, 6.07) is 7.12. The number of carbonyl (C=O) groups is 2. The number of ether oxygens (including phenoxy) is 1. The van der Waals surface area contributed by atoms with Crippen LogP contribution in [0.25, 0.3) is 0 Å². The summed E-state index contributed by atoms with van der Waals surface area (Å²) in [6.07, 6.45) is 0. The molecule has 1 aromatic rings. The van der Waals surface area contributed by atoms with Crippen molar-refractivity contribution in [2.24, 2.45) is 0 Å². The van der Waals surface area contributed by atoms with E-state index in [1.165, 1.54) is 4.90 Å². The lowest BCUT2D eigenvalue weighted by molar-refractivity contribution is -0.130. The van der Waals surface area contributed by atoms with E-state index in [9.17, 15) is 9.59 Å². The van der Waals surface area contributed by atoms with E-state index >= 15 is 0 Å². The second-order valence-corrected chi connectivity index (χ2v) is 4.74. The fraction of sp³-hybridized carbons (Fsp3) is 0.429. The van der Waals surface area contributed by atoms with Gasteiger partial charge in [0.25, 0.3) is 0 Å². The second kappa shape index (κ2) is 7.49. The summed E-state index contributed by atoms with van der Waals surface area (Å²) in [5.41, 5.74) is 0.668. The van der Waals surface area contributed by atoms with Crippen LogP contribution in [-0.2, 0) is 9.59 Å². The third-order valence-electron chi connectivity index (χ3n) is 2.67. The van der Waals surface area contributed by atoms with Crippen molar-refractivity contribution >= 4 is 17.5 Å². The zero-order valence-electron chi connectivity index (χ0n) is 12.3. The molecule has 1 aromatic carbocycles. The fourth-order valence-corrected chi connectivity index (χ4v) is 1.57. The third-order valence-corrected chi connectivity index (χ3v) is 2.67. The number of likely N-dealkylation sites (N-methyl/N-ethyl adjacent to an activating group) is 2. The Labute approximate surface area is 119 Å². The van der Waals surface area contributed by atoms with Crippen molar-refractivity contribution < 1.29 is 14.3 Å². The summed E-state index contributed by atoms with van der Waals surface area (Å²) in [5.74, 6) is 0.466. The molecule has 0 aliphatic carbocycles. The molecule has 0 unspecified atom stereocenters. The van der Waals surface area contributed by atoms with Gasteiger partial charge in [0.1, 0.15) is 5.75 Å². The van der Waals surface area contributed by atoms with Crippen LogP contribution in [0.15, 0.2) is 24.3 Å². The largest absolute Gasteiger partial charge is 0.497 e. The summed E-state index contributed by atoms with van der Waals surface area (Å²) < 4.78 is 5.08. The predicted molar refractivity (Wildman–Crippen MR) is 77.8 cm³/mol. The number of nitrogens with zero attached hydrogens (tertiary/aromatic N) is 2. The first kappa shape index (κ1) is 16.0. The Bertz CT molecular complexity index is 474. The van der Waals surface area contributed by atoms with Gasteiger partial charge in [-0.3, -0.25) is 14.5 Å². The van der Waals surface area contributed by atoms with Gasteiger partial charge in [0, 0.05) is 25.8 Å². The van der Waals surface area contributed by atoms with Crippen molar-refractivity contribution in [2.75, 3.05) is 46.7 Å². The Morgan fingerprint density at radius 1 is 1.20 bits per heavy atom. The van der Waals surface area contributed by atoms with Gasteiger partial charge in [-0.1, -0.05) is 6.07 Å². The van der Waals surface area contributed by atoms with E-state index < -0.39 is 0 Å². The van der Waals surface area contributed by atoms with E-state index in [1.54, 1.807) is 57.4 Å². The minimum atomic E-state index is -0.174. The van der Waals surface area contributed by atoms with Gasteiger partial charge < -0.3 is 15.0 Å². The molecule has 0 bridgehead atoms. The van der Waals surface area contributed by atoms with Crippen LogP contribution in [0.3, 0.4) is 0 Å². The minimum absolute atomic E-state index is 0.0401. The molecule has 6 nitrogen and oxygen atoms in total. The van der Waals surface area contributed by atoms with E-state index in [1.807, 2.05) is 0 Å². The van der Waals surface area contributed by atoms with Crippen LogP contribution in [0.2, 0.25) is 0 Å². The Kier molecular flexibility index (Phi) is 5.99. The lowest BCUT2D eigenvalue weighted by Gasteiger charge is -2.18. The molecule has 0 saturated carbocycles. The van der Waals surface area contributed by atoms with Crippen molar-refractivity contribution in [1.82, 2.24) is 9.80 Å². The average Bonchev–Trinajstić information content (AvgIpc) is 2.38. The molecule has 20 heavy (non-hydrogen) atoms. The quantitative estimate of drug-likeness (QED) is 0.830. The molecule has 6 heteroatoms. The molecule has 0 fully saturated rings. The summed E-state index contributed by atoms with van der Waals surface area (Å²) >= 11 is 0. The van der Waals surface area contributed by atoms with Crippen molar-refractivity contribution in [3.63, 3.8) is 0 Å². The summed E-state index contributed by atoms with van der Waals surface area (Å²) in [4.78, 5) is 26.5. The number of hydrogen-bond acceptors (Lipinski definition) is 4. The maximum atomic E-state index is 11.9. The number of nitrogens with one attached hydrogen (secondary N) is 1. The van der Waals surface area contributed by atoms with E-state index in [0.717, 1.165) is 0 Å². The van der Waals surface area contributed by atoms with Gasteiger partial charge in [0.15, 0.2) is 0 Å². The zero-order valence-corrected chi connectivity index (χ0v) is 12.3. The molecule has 1 rings (SSSR count). The molecule has 0 aliphatic heterocycles. The molecule has 2 amide bonds. The van der Waals surface area contributed by atoms with E-state index in [4.69, 9.17) is 4.74 Å². The molecular formula is C14H21N3O3. The van der Waals surface area contributed by atoms with Crippen molar-refractivity contribution in [1.29, 1.82) is 0 Å². The number of rotatable bonds is 6. The first-order chi connectivity index (χ1) is 9.42. The van der Waals surface area contributed by atoms with Gasteiger partial charge in [-0.15, -0.1) is 0 Å². The lowest BCUT2D eigenvalue weighted by atomic mass is 10.3. The number of methoxy groups -OCH3 is 1. The Morgan fingerprint density at radius 3 is 2.50 bits per heavy atom. The van der Waals surface area contributed by atoms with Gasteiger partial charge in [-0.25, -0.2) is 0 Å². The average molecular weight is 279 g/mol. The van der Waals surface area contributed by atoms with Gasteiger partial charge in [-0.2, -0.15) is 0 Å². The highest BCUT2D eigenvalue weighted by atomic mass is 16.5. The van der Waals surface area contributed by atoms with Crippen molar-refractivity contribution in [3.8, 4) is 5.75 Å². The number of amides is 2. The number of anilines is 1. The Hall–Kier alpha value is -2.08. The first-order valence-electron chi connectivity index (χ1n) is 6.25. The third kappa shape index (κ3) is 5.27. The second-order valence-electron chi connectivity index (χ2n) is 4.74. The number of carbonyl (C=O) groups excluding carboxylic acids is 2. The highest BCUT2D eigenvalue weighted by Crippen LogP contribution is 2.16. The van der Waals surface area contributed by atoms with Crippen molar-refractivity contribution in [3.05, 3.63) is 24.3 Å². The van der Waals surface area contributed by atoms with Gasteiger partial charge in [0.2, 0.25) is 11.8 Å². The lowest BCUT2D eigenvalue weighted by Crippen LogP contribution is -2.38. The highest BCUT2D eigenvalue weighted by Gasteiger charge is 2.12. The van der Waals surface area contributed by atoms with Gasteiger partial charge in [-0.05, 0) is 19.2 Å². The van der Waals surface area contributed by atoms with Gasteiger partial charge in [0.05, 0.1) is 20.2 Å². The first-order valence-corrected chi connectivity index (χ1v) is 6.25. The summed E-state index contributed by atoms with van der Waals surface area (Å²) in [6.45, 7) is 0.356. The van der Waals surface area contributed by atoms with Crippen LogP contribution < -0.4 is 10.1 Å². The number of benzene rings is 1. The van der Waals surface area contributed by atoms with E-state index in [2.05, 4.69) is 5.32 Å². The normalized spacial score (nSPS) is 10.2. The molecule has 0 spiro atoms. The van der Waals surface area contributed by atoms with E-state index in [-0.39, 0.29) is 24.9 Å². The van der Waals surface area contributed by atoms with Crippen LogP contribution in [-0.4, -0.2) is 63.0 Å². The predicted octanol–water partition coefficient (Wildman–Crippen LogP) is 0.654. The zero-order chi connectivity index (χ0) is 15.1. The monoisotopic (exact) mass is 279 g/mol. The fourth-order valence-electron chi connectivity index (χ4n) is 1.57. The minimum Gasteiger partial charge on any atom is -0.497 e. The number of hydrogen-bond donors (Lipinski definition) is 1. The van der Waals surface area contributed by atoms with E-state index in [0.29, 0.717) is 11.4 Å². The van der Waals surface area contributed by atoms with Crippen LogP contribution in [0, 0.1) is 0 Å². The van der Waals surface area contributed by atoms with Crippen LogP contribution in [0.4, 0.5) is 5.69 Å². The highest BCUT2D eigenvalue weighted by molar-refractivity contribution is 5.92. The Morgan fingerprint density at radius 2 is 1.90 bits per heavy atom. The molecule has 110 valence electrons. The van der Waals surface area contributed by atoms with Crippen molar-refractivity contribution in [2.45, 2.75) is 0 Å². The molecule has 0 radical (unpaired) electrons.